The molecule has 0 N–H and O–H groups in total. The van der Waals surface area contributed by atoms with Gasteiger partial charge in [0, 0.05) is 53.4 Å². The quantitative estimate of drug-likeness (QED) is 0.169. The molecular formula is C52H30N4S. The molecule has 0 amide bonds. The van der Waals surface area contributed by atoms with E-state index in [-0.39, 0.29) is 0 Å². The van der Waals surface area contributed by atoms with Crippen LogP contribution in [-0.4, -0.2) is 19.1 Å². The number of thiophene rings is 1. The van der Waals surface area contributed by atoms with Crippen molar-refractivity contribution in [2.24, 2.45) is 0 Å². The minimum atomic E-state index is 0.818. The first-order valence-corrected chi connectivity index (χ1v) is 20.2. The molecule has 57 heavy (non-hydrogen) atoms. The molecule has 13 aromatic rings. The molecule has 4 aromatic heterocycles. The molecule has 0 spiro atoms. The largest absolute Gasteiger partial charge is 0.308 e. The molecule has 0 unspecified atom stereocenters. The standard InChI is InChI=1S/C52H30N4S/c1-2-15-31(16-3-1)48-52(54-50-38-23-7-5-18-33(38)32-17-4-6-22-37(32)49(50)53-48)56-43-26-12-9-20-35(43)41-29-45-40(30-46(41)56)34-19-8-11-25-42(34)55(45)44-27-14-24-39-36-21-10-13-28-47(36)57-51(39)44/h1-30H. The lowest BCUT2D eigenvalue weighted by Gasteiger charge is -2.16. The summed E-state index contributed by atoms with van der Waals surface area (Å²) in [5.74, 6) is 0.818. The van der Waals surface area contributed by atoms with Crippen molar-refractivity contribution in [3.8, 4) is 22.8 Å². The second-order valence-electron chi connectivity index (χ2n) is 14.9. The van der Waals surface area contributed by atoms with E-state index in [1.807, 2.05) is 11.3 Å². The Morgan fingerprint density at radius 1 is 0.351 bits per heavy atom. The molecule has 0 atom stereocenters. The Morgan fingerprint density at radius 3 is 1.54 bits per heavy atom. The summed E-state index contributed by atoms with van der Waals surface area (Å²) in [7, 11) is 0. The normalized spacial score (nSPS) is 12.2. The Morgan fingerprint density at radius 2 is 0.860 bits per heavy atom. The maximum atomic E-state index is 5.72. The van der Waals surface area contributed by atoms with Crippen LogP contribution in [0.3, 0.4) is 0 Å². The molecule has 13 rings (SSSR count). The van der Waals surface area contributed by atoms with Crippen molar-refractivity contribution < 1.29 is 0 Å². The molecule has 0 aliphatic rings. The van der Waals surface area contributed by atoms with Gasteiger partial charge in [-0.15, -0.1) is 11.3 Å². The molecule has 4 nitrogen and oxygen atoms in total. The van der Waals surface area contributed by atoms with Crippen LogP contribution in [0.5, 0.6) is 0 Å². The average molecular weight is 743 g/mol. The van der Waals surface area contributed by atoms with Gasteiger partial charge in [0.25, 0.3) is 0 Å². The summed E-state index contributed by atoms with van der Waals surface area (Å²) < 4.78 is 7.44. The first-order chi connectivity index (χ1) is 28.3. The zero-order valence-corrected chi connectivity index (χ0v) is 31.3. The Kier molecular flexibility index (Phi) is 6.29. The Labute approximate surface area is 330 Å². The third-order valence-electron chi connectivity index (χ3n) is 11.9. The monoisotopic (exact) mass is 742 g/mol. The van der Waals surface area contributed by atoms with Gasteiger partial charge in [0.05, 0.1) is 43.5 Å². The SMILES string of the molecule is c1ccc(-c2nc3c4ccccc4c4ccccc4c3nc2-n2c3ccccc3c3cc4c(cc32)c2ccccc2n4-c2cccc3c2sc2ccccc23)cc1. The second-order valence-corrected chi connectivity index (χ2v) is 15.9. The predicted octanol–water partition coefficient (Wildman–Crippen LogP) is 14.2. The van der Waals surface area contributed by atoms with Crippen LogP contribution in [0.1, 0.15) is 0 Å². The smallest absolute Gasteiger partial charge is 0.165 e. The molecule has 0 saturated heterocycles. The zero-order valence-electron chi connectivity index (χ0n) is 30.5. The summed E-state index contributed by atoms with van der Waals surface area (Å²) >= 11 is 1.87. The first-order valence-electron chi connectivity index (χ1n) is 19.3. The summed E-state index contributed by atoms with van der Waals surface area (Å²) in [4.78, 5) is 11.3. The molecule has 0 fully saturated rings. The molecule has 9 aromatic carbocycles. The van der Waals surface area contributed by atoms with Gasteiger partial charge in [0.1, 0.15) is 5.69 Å². The molecule has 0 radical (unpaired) electrons. The van der Waals surface area contributed by atoms with E-state index in [1.54, 1.807) is 0 Å². The van der Waals surface area contributed by atoms with E-state index in [4.69, 9.17) is 9.97 Å². The fourth-order valence-electron chi connectivity index (χ4n) is 9.42. The highest BCUT2D eigenvalue weighted by molar-refractivity contribution is 7.26. The lowest BCUT2D eigenvalue weighted by atomic mass is 9.99. The van der Waals surface area contributed by atoms with Gasteiger partial charge >= 0.3 is 0 Å². The highest BCUT2D eigenvalue weighted by Gasteiger charge is 2.24. The molecule has 5 heteroatoms. The first kappa shape index (κ1) is 30.9. The van der Waals surface area contributed by atoms with Gasteiger partial charge in [-0.25, -0.2) is 9.97 Å². The Bertz CT molecular complexity index is 3810. The molecule has 0 aliphatic carbocycles. The maximum Gasteiger partial charge on any atom is 0.165 e. The van der Waals surface area contributed by atoms with Gasteiger partial charge in [-0.2, -0.15) is 0 Å². The van der Waals surface area contributed by atoms with Crippen molar-refractivity contribution in [2.75, 3.05) is 0 Å². The van der Waals surface area contributed by atoms with Crippen LogP contribution in [0.4, 0.5) is 0 Å². The van der Waals surface area contributed by atoms with E-state index in [0.29, 0.717) is 0 Å². The third-order valence-corrected chi connectivity index (χ3v) is 13.1. The lowest BCUT2D eigenvalue weighted by Crippen LogP contribution is -2.04. The number of fused-ring (bicyclic) bond motifs is 15. The van der Waals surface area contributed by atoms with Crippen LogP contribution in [0.2, 0.25) is 0 Å². The van der Waals surface area contributed by atoms with E-state index in [9.17, 15) is 0 Å². The number of benzene rings is 9. The third kappa shape index (κ3) is 4.26. The number of rotatable bonds is 3. The van der Waals surface area contributed by atoms with Crippen LogP contribution in [0.15, 0.2) is 182 Å². The topological polar surface area (TPSA) is 35.6 Å². The van der Waals surface area contributed by atoms with E-state index < -0.39 is 0 Å². The average Bonchev–Trinajstić information content (AvgIpc) is 3.93. The predicted molar refractivity (Wildman–Crippen MR) is 242 cm³/mol. The fraction of sp³-hybridized carbons (Fsp3) is 0. The summed E-state index contributed by atoms with van der Waals surface area (Å²) in [6.45, 7) is 0. The van der Waals surface area contributed by atoms with Crippen LogP contribution in [0.25, 0.3) is 119 Å². The van der Waals surface area contributed by atoms with Gasteiger partial charge in [-0.1, -0.05) is 146 Å². The highest BCUT2D eigenvalue weighted by atomic mass is 32.1. The van der Waals surface area contributed by atoms with Gasteiger partial charge in [-0.3, -0.25) is 4.57 Å². The van der Waals surface area contributed by atoms with Crippen LogP contribution >= 0.6 is 11.3 Å². The van der Waals surface area contributed by atoms with Gasteiger partial charge in [0.2, 0.25) is 0 Å². The molecule has 0 aliphatic heterocycles. The van der Waals surface area contributed by atoms with Crippen molar-refractivity contribution in [2.45, 2.75) is 0 Å². The van der Waals surface area contributed by atoms with E-state index >= 15 is 0 Å². The Balaban J connectivity index is 1.19. The van der Waals surface area contributed by atoms with E-state index in [2.05, 4.69) is 191 Å². The number of aromatic nitrogens is 4. The van der Waals surface area contributed by atoms with Crippen LogP contribution in [-0.2, 0) is 0 Å². The van der Waals surface area contributed by atoms with E-state index in [1.165, 1.54) is 69.2 Å². The summed E-state index contributed by atoms with van der Waals surface area (Å²) in [5, 5.41) is 11.9. The zero-order chi connectivity index (χ0) is 37.2. The van der Waals surface area contributed by atoms with E-state index in [0.717, 1.165) is 49.9 Å². The van der Waals surface area contributed by atoms with Crippen molar-refractivity contribution in [3.63, 3.8) is 0 Å². The second kappa shape index (κ2) is 11.6. The maximum absolute atomic E-state index is 5.72. The Hall–Kier alpha value is -7.34. The number of hydrogen-bond donors (Lipinski definition) is 0. The van der Waals surface area contributed by atoms with Gasteiger partial charge < -0.3 is 4.57 Å². The van der Waals surface area contributed by atoms with Crippen molar-refractivity contribution >= 4 is 108 Å². The molecule has 0 bridgehead atoms. The molecule has 0 saturated carbocycles. The van der Waals surface area contributed by atoms with Crippen LogP contribution < -0.4 is 0 Å². The molecule has 4 heterocycles. The van der Waals surface area contributed by atoms with Crippen molar-refractivity contribution in [3.05, 3.63) is 182 Å². The van der Waals surface area contributed by atoms with Crippen molar-refractivity contribution in [1.82, 2.24) is 19.1 Å². The molecular weight excluding hydrogens is 713 g/mol. The number of nitrogens with zero attached hydrogens (tertiary/aromatic N) is 4. The summed E-state index contributed by atoms with van der Waals surface area (Å²) in [6.07, 6.45) is 0. The number of para-hydroxylation sites is 2. The lowest BCUT2D eigenvalue weighted by molar-refractivity contribution is 1.08. The van der Waals surface area contributed by atoms with Crippen LogP contribution in [0, 0.1) is 0 Å². The van der Waals surface area contributed by atoms with Crippen molar-refractivity contribution in [1.29, 1.82) is 0 Å². The van der Waals surface area contributed by atoms with Gasteiger partial charge in [-0.05, 0) is 47.2 Å². The number of hydrogen-bond acceptors (Lipinski definition) is 3. The highest BCUT2D eigenvalue weighted by Crippen LogP contribution is 2.44. The van der Waals surface area contributed by atoms with Gasteiger partial charge in [0.15, 0.2) is 5.82 Å². The minimum Gasteiger partial charge on any atom is -0.308 e. The summed E-state index contributed by atoms with van der Waals surface area (Å²) in [5.41, 5.74) is 9.46. The summed E-state index contributed by atoms with van der Waals surface area (Å²) in [6, 6.07) is 65.6. The fourth-order valence-corrected chi connectivity index (χ4v) is 10.6. The molecule has 264 valence electrons. The minimum absolute atomic E-state index is 0.818.